The third-order valence-corrected chi connectivity index (χ3v) is 2.52. The Morgan fingerprint density at radius 1 is 1.27 bits per heavy atom. The molecule has 1 amide bonds. The molecule has 0 atom stereocenters. The summed E-state index contributed by atoms with van der Waals surface area (Å²) in [5.41, 5.74) is 0.781. The topological polar surface area (TPSA) is 32.3 Å². The molecule has 0 heterocycles. The van der Waals surface area contributed by atoms with E-state index < -0.39 is 0 Å². The Balaban J connectivity index is 2.68. The number of nitrogens with zero attached hydrogens (tertiary/aromatic N) is 1. The molecule has 0 saturated heterocycles. The van der Waals surface area contributed by atoms with E-state index in [1.165, 1.54) is 0 Å². The first-order valence-corrected chi connectivity index (χ1v) is 5.96. The molecule has 15 heavy (non-hydrogen) atoms. The van der Waals surface area contributed by atoms with Gasteiger partial charge >= 0.3 is 0 Å². The van der Waals surface area contributed by atoms with Crippen molar-refractivity contribution in [3.05, 3.63) is 27.1 Å². The van der Waals surface area contributed by atoms with E-state index in [9.17, 15) is 4.79 Å². The molecule has 0 unspecified atom stereocenters. The first-order chi connectivity index (χ1) is 6.97. The number of carbonyl (C=O) groups excluding carboxylic acids is 1. The lowest BCUT2D eigenvalue weighted by Gasteiger charge is -2.10. The van der Waals surface area contributed by atoms with Gasteiger partial charge < -0.3 is 10.2 Å². The summed E-state index contributed by atoms with van der Waals surface area (Å²) in [5, 5.41) is 2.81. The van der Waals surface area contributed by atoms with Gasteiger partial charge in [0.25, 0.3) is 0 Å². The lowest BCUT2D eigenvalue weighted by molar-refractivity contribution is -0.116. The van der Waals surface area contributed by atoms with Gasteiger partial charge in [-0.05, 0) is 32.3 Å². The monoisotopic (exact) mass is 334 g/mol. The summed E-state index contributed by atoms with van der Waals surface area (Å²) >= 11 is 6.72. The molecule has 1 aromatic rings. The van der Waals surface area contributed by atoms with Crippen LogP contribution < -0.4 is 5.32 Å². The van der Waals surface area contributed by atoms with Crippen LogP contribution in [0.1, 0.15) is 0 Å². The molecule has 0 aromatic heterocycles. The van der Waals surface area contributed by atoms with Gasteiger partial charge in [-0.3, -0.25) is 4.79 Å². The summed E-state index contributed by atoms with van der Waals surface area (Å²) in [6.45, 7) is 0.379. The van der Waals surface area contributed by atoms with E-state index in [0.29, 0.717) is 6.54 Å². The van der Waals surface area contributed by atoms with Crippen molar-refractivity contribution in [2.24, 2.45) is 0 Å². The molecule has 0 aliphatic rings. The standard InChI is InChI=1S/C10H12Br2N2O/c1-14(2)6-10(15)13-9-4-7(11)3-8(12)5-9/h3-5H,6H2,1-2H3,(H,13,15). The Bertz CT molecular complexity index is 346. The van der Waals surface area contributed by atoms with Gasteiger partial charge in [0, 0.05) is 14.6 Å². The van der Waals surface area contributed by atoms with Crippen LogP contribution in [0.25, 0.3) is 0 Å². The van der Waals surface area contributed by atoms with Crippen molar-refractivity contribution in [2.45, 2.75) is 0 Å². The first-order valence-electron chi connectivity index (χ1n) is 4.38. The highest BCUT2D eigenvalue weighted by molar-refractivity contribution is 9.11. The van der Waals surface area contributed by atoms with Gasteiger partial charge in [0.1, 0.15) is 0 Å². The lowest BCUT2D eigenvalue weighted by Crippen LogP contribution is -2.27. The minimum absolute atomic E-state index is 0.0231. The number of hydrogen-bond acceptors (Lipinski definition) is 2. The predicted octanol–water partition coefficient (Wildman–Crippen LogP) is 2.71. The van der Waals surface area contributed by atoms with Crippen molar-refractivity contribution in [3.63, 3.8) is 0 Å². The maximum Gasteiger partial charge on any atom is 0.238 e. The third-order valence-electron chi connectivity index (χ3n) is 1.61. The van der Waals surface area contributed by atoms with Crippen LogP contribution >= 0.6 is 31.9 Å². The van der Waals surface area contributed by atoms with Gasteiger partial charge in [-0.2, -0.15) is 0 Å². The van der Waals surface area contributed by atoms with Gasteiger partial charge in [-0.1, -0.05) is 31.9 Å². The molecule has 0 fully saturated rings. The zero-order valence-corrected chi connectivity index (χ0v) is 11.7. The van der Waals surface area contributed by atoms with Crippen LogP contribution in [0.3, 0.4) is 0 Å². The van der Waals surface area contributed by atoms with Crippen molar-refractivity contribution in [3.8, 4) is 0 Å². The summed E-state index contributed by atoms with van der Waals surface area (Å²) < 4.78 is 1.86. The number of hydrogen-bond donors (Lipinski definition) is 1. The molecule has 0 radical (unpaired) electrons. The molecule has 1 rings (SSSR count). The summed E-state index contributed by atoms with van der Waals surface area (Å²) in [6.07, 6.45) is 0. The Kier molecular flexibility index (Phi) is 4.76. The number of likely N-dealkylation sites (N-methyl/N-ethyl adjacent to an activating group) is 1. The molecule has 0 aliphatic carbocycles. The van der Waals surface area contributed by atoms with E-state index >= 15 is 0 Å². The Labute approximate surface area is 106 Å². The van der Waals surface area contributed by atoms with Crippen molar-refractivity contribution < 1.29 is 4.79 Å². The van der Waals surface area contributed by atoms with Crippen LogP contribution in [0.4, 0.5) is 5.69 Å². The van der Waals surface area contributed by atoms with Crippen LogP contribution in [0, 0.1) is 0 Å². The fourth-order valence-electron chi connectivity index (χ4n) is 1.11. The fourth-order valence-corrected chi connectivity index (χ4v) is 2.41. The molecule has 0 aliphatic heterocycles. The van der Waals surface area contributed by atoms with E-state index in [0.717, 1.165) is 14.6 Å². The summed E-state index contributed by atoms with van der Waals surface area (Å²) in [5.74, 6) is -0.0231. The first kappa shape index (κ1) is 12.7. The lowest BCUT2D eigenvalue weighted by atomic mass is 10.3. The number of anilines is 1. The second-order valence-corrected chi connectivity index (χ2v) is 5.28. The van der Waals surface area contributed by atoms with Crippen LogP contribution in [0.15, 0.2) is 27.1 Å². The van der Waals surface area contributed by atoms with Crippen molar-refractivity contribution >= 4 is 43.5 Å². The second kappa shape index (κ2) is 5.63. The van der Waals surface area contributed by atoms with Crippen molar-refractivity contribution in [1.82, 2.24) is 4.90 Å². The molecule has 5 heteroatoms. The van der Waals surface area contributed by atoms with E-state index in [4.69, 9.17) is 0 Å². The van der Waals surface area contributed by atoms with Gasteiger partial charge in [-0.25, -0.2) is 0 Å². The van der Waals surface area contributed by atoms with Crippen LogP contribution in [0.5, 0.6) is 0 Å². The molecule has 3 nitrogen and oxygen atoms in total. The van der Waals surface area contributed by atoms with E-state index in [1.54, 1.807) is 0 Å². The van der Waals surface area contributed by atoms with E-state index in [1.807, 2.05) is 37.2 Å². The fraction of sp³-hybridized carbons (Fsp3) is 0.300. The van der Waals surface area contributed by atoms with E-state index in [-0.39, 0.29) is 5.91 Å². The predicted molar refractivity (Wildman–Crippen MR) is 69.0 cm³/mol. The normalized spacial score (nSPS) is 10.5. The van der Waals surface area contributed by atoms with Crippen LogP contribution in [-0.2, 0) is 4.79 Å². The van der Waals surface area contributed by atoms with Gasteiger partial charge in [0.2, 0.25) is 5.91 Å². The van der Waals surface area contributed by atoms with Gasteiger partial charge in [-0.15, -0.1) is 0 Å². The number of benzene rings is 1. The number of rotatable bonds is 3. The van der Waals surface area contributed by atoms with E-state index in [2.05, 4.69) is 37.2 Å². The van der Waals surface area contributed by atoms with Crippen molar-refractivity contribution in [1.29, 1.82) is 0 Å². The van der Waals surface area contributed by atoms with Gasteiger partial charge in [0.05, 0.1) is 6.54 Å². The largest absolute Gasteiger partial charge is 0.325 e. The minimum atomic E-state index is -0.0231. The maximum atomic E-state index is 11.5. The Morgan fingerprint density at radius 2 is 1.80 bits per heavy atom. The SMILES string of the molecule is CN(C)CC(=O)Nc1cc(Br)cc(Br)c1. The summed E-state index contributed by atoms with van der Waals surface area (Å²) in [4.78, 5) is 13.3. The minimum Gasteiger partial charge on any atom is -0.325 e. The highest BCUT2D eigenvalue weighted by Gasteiger charge is 2.04. The average Bonchev–Trinajstić information content (AvgIpc) is 1.98. The number of carbonyl (C=O) groups is 1. The second-order valence-electron chi connectivity index (χ2n) is 3.44. The quantitative estimate of drug-likeness (QED) is 0.921. The average molecular weight is 336 g/mol. The number of halogens is 2. The maximum absolute atomic E-state index is 11.5. The smallest absolute Gasteiger partial charge is 0.238 e. The molecule has 1 aromatic carbocycles. The van der Waals surface area contributed by atoms with Crippen LogP contribution in [-0.4, -0.2) is 31.4 Å². The van der Waals surface area contributed by atoms with Crippen molar-refractivity contribution in [2.75, 3.05) is 26.0 Å². The Hall–Kier alpha value is -0.390. The molecular formula is C10H12Br2N2O. The zero-order chi connectivity index (χ0) is 11.4. The summed E-state index contributed by atoms with van der Waals surface area (Å²) in [7, 11) is 3.72. The number of amides is 1. The molecule has 0 bridgehead atoms. The number of nitrogens with one attached hydrogen (secondary N) is 1. The third kappa shape index (κ3) is 4.77. The van der Waals surface area contributed by atoms with Crippen LogP contribution in [0.2, 0.25) is 0 Å². The highest BCUT2D eigenvalue weighted by Crippen LogP contribution is 2.23. The molecule has 1 N–H and O–H groups in total. The zero-order valence-electron chi connectivity index (χ0n) is 8.55. The highest BCUT2D eigenvalue weighted by atomic mass is 79.9. The summed E-state index contributed by atoms with van der Waals surface area (Å²) in [6, 6.07) is 5.64. The molecule has 0 saturated carbocycles. The molecular weight excluding hydrogens is 324 g/mol. The van der Waals surface area contributed by atoms with Gasteiger partial charge in [0.15, 0.2) is 0 Å². The Morgan fingerprint density at radius 3 is 2.27 bits per heavy atom. The molecule has 0 spiro atoms. The molecule has 82 valence electrons.